The molecule has 0 spiro atoms. The summed E-state index contributed by atoms with van der Waals surface area (Å²) in [6, 6.07) is 7.36. The molecule has 0 unspecified atom stereocenters. The van der Waals surface area contributed by atoms with Crippen LogP contribution in [-0.2, 0) is 6.42 Å². The Kier molecular flexibility index (Phi) is 3.90. The Bertz CT molecular complexity index is 930. The second-order valence-electron chi connectivity index (χ2n) is 5.12. The number of hydrogen-bond acceptors (Lipinski definition) is 2. The van der Waals surface area contributed by atoms with Crippen molar-refractivity contribution in [2.24, 2.45) is 0 Å². The monoisotopic (exact) mass is 318 g/mol. The summed E-state index contributed by atoms with van der Waals surface area (Å²) in [6.07, 6.45) is 0.943. The van der Waals surface area contributed by atoms with E-state index in [9.17, 15) is 18.0 Å². The van der Waals surface area contributed by atoms with Crippen molar-refractivity contribution in [1.29, 1.82) is 0 Å². The fourth-order valence-electron chi connectivity index (χ4n) is 2.56. The van der Waals surface area contributed by atoms with E-state index in [4.69, 9.17) is 0 Å². The summed E-state index contributed by atoms with van der Waals surface area (Å²) >= 11 is 0. The average Bonchev–Trinajstić information content (AvgIpc) is 2.50. The van der Waals surface area contributed by atoms with E-state index >= 15 is 0 Å². The number of nitrogens with zero attached hydrogens (tertiary/aromatic N) is 2. The summed E-state index contributed by atoms with van der Waals surface area (Å²) in [6.45, 7) is 1.85. The van der Waals surface area contributed by atoms with Gasteiger partial charge in [-0.05, 0) is 30.7 Å². The third-order valence-corrected chi connectivity index (χ3v) is 3.55. The number of aromatic nitrogens is 2. The molecule has 0 amide bonds. The largest absolute Gasteiger partial charge is 0.269 e. The summed E-state index contributed by atoms with van der Waals surface area (Å²) in [5.74, 6) is -2.38. The summed E-state index contributed by atoms with van der Waals surface area (Å²) in [5, 5.41) is -0.282. The van der Waals surface area contributed by atoms with Gasteiger partial charge in [0, 0.05) is 6.42 Å². The molecule has 3 nitrogen and oxygen atoms in total. The molecule has 0 aliphatic rings. The quantitative estimate of drug-likeness (QED) is 0.737. The van der Waals surface area contributed by atoms with E-state index in [1.54, 1.807) is 0 Å². The molecule has 3 aromatic rings. The third kappa shape index (κ3) is 2.50. The van der Waals surface area contributed by atoms with Gasteiger partial charge in [0.2, 0.25) is 0 Å². The van der Waals surface area contributed by atoms with Crippen molar-refractivity contribution in [1.82, 2.24) is 9.55 Å². The maximum absolute atomic E-state index is 14.1. The molecule has 2 aromatic carbocycles. The molecule has 0 bridgehead atoms. The smallest absolute Gasteiger partial charge is 0.268 e. The Hall–Kier alpha value is -2.63. The predicted molar refractivity (Wildman–Crippen MR) is 81.2 cm³/mol. The van der Waals surface area contributed by atoms with Gasteiger partial charge >= 0.3 is 0 Å². The van der Waals surface area contributed by atoms with Gasteiger partial charge in [0.15, 0.2) is 0 Å². The number of para-hydroxylation sites is 1. The number of fused-ring (bicyclic) bond motifs is 1. The van der Waals surface area contributed by atoms with E-state index in [1.165, 1.54) is 18.2 Å². The standard InChI is InChI=1S/C17H13F3N2O/c1-2-5-14-21-13-9-4-6-10(18)15(13)17(23)22(14)16-11(19)7-3-8-12(16)20/h3-4,6-9H,2,5H2,1H3. The minimum Gasteiger partial charge on any atom is -0.268 e. The maximum Gasteiger partial charge on any atom is 0.269 e. The van der Waals surface area contributed by atoms with E-state index < -0.39 is 28.7 Å². The van der Waals surface area contributed by atoms with Gasteiger partial charge in [0.05, 0.1) is 5.52 Å². The number of halogens is 3. The van der Waals surface area contributed by atoms with Crippen LogP contribution in [0.15, 0.2) is 41.2 Å². The van der Waals surface area contributed by atoms with Crippen LogP contribution in [0, 0.1) is 17.5 Å². The molecule has 0 radical (unpaired) electrons. The highest BCUT2D eigenvalue weighted by atomic mass is 19.1. The molecular weight excluding hydrogens is 305 g/mol. The number of hydrogen-bond donors (Lipinski definition) is 0. The van der Waals surface area contributed by atoms with Gasteiger partial charge < -0.3 is 0 Å². The fraction of sp³-hybridized carbons (Fsp3) is 0.176. The minimum atomic E-state index is -0.901. The van der Waals surface area contributed by atoms with Crippen LogP contribution < -0.4 is 5.56 Å². The van der Waals surface area contributed by atoms with Crippen LogP contribution in [0.25, 0.3) is 16.6 Å². The zero-order valence-electron chi connectivity index (χ0n) is 12.3. The molecule has 0 fully saturated rings. The molecule has 0 aliphatic carbocycles. The lowest BCUT2D eigenvalue weighted by Gasteiger charge is -2.14. The zero-order chi connectivity index (χ0) is 16.6. The topological polar surface area (TPSA) is 34.9 Å². The first-order valence-electron chi connectivity index (χ1n) is 7.19. The molecule has 0 saturated heterocycles. The molecule has 0 saturated carbocycles. The van der Waals surface area contributed by atoms with E-state index in [2.05, 4.69) is 4.98 Å². The SMILES string of the molecule is CCCc1nc2cccc(F)c2c(=O)n1-c1c(F)cccc1F. The van der Waals surface area contributed by atoms with Crippen LogP contribution in [0.4, 0.5) is 13.2 Å². The molecular formula is C17H13F3N2O. The first kappa shape index (κ1) is 15.3. The van der Waals surface area contributed by atoms with E-state index in [1.807, 2.05) is 6.92 Å². The third-order valence-electron chi connectivity index (χ3n) is 3.55. The lowest BCUT2D eigenvalue weighted by atomic mass is 10.2. The van der Waals surface area contributed by atoms with E-state index in [-0.39, 0.29) is 16.7 Å². The van der Waals surface area contributed by atoms with E-state index in [0.717, 1.165) is 22.8 Å². The molecule has 3 rings (SSSR count). The van der Waals surface area contributed by atoms with Gasteiger partial charge in [-0.25, -0.2) is 18.2 Å². The van der Waals surface area contributed by atoms with Crippen LogP contribution in [-0.4, -0.2) is 9.55 Å². The molecule has 0 N–H and O–H groups in total. The van der Waals surface area contributed by atoms with Gasteiger partial charge in [0.25, 0.3) is 5.56 Å². The molecule has 6 heteroatoms. The van der Waals surface area contributed by atoms with Gasteiger partial charge in [-0.2, -0.15) is 0 Å². The van der Waals surface area contributed by atoms with Gasteiger partial charge in [-0.3, -0.25) is 9.36 Å². The summed E-state index contributed by atoms with van der Waals surface area (Å²) < 4.78 is 43.1. The summed E-state index contributed by atoms with van der Waals surface area (Å²) in [7, 11) is 0. The van der Waals surface area contributed by atoms with E-state index in [0.29, 0.717) is 12.8 Å². The van der Waals surface area contributed by atoms with Gasteiger partial charge in [0.1, 0.15) is 34.3 Å². The number of aryl methyl sites for hydroxylation is 1. The van der Waals surface area contributed by atoms with Crippen molar-refractivity contribution in [2.75, 3.05) is 0 Å². The molecule has 118 valence electrons. The Labute approximate surface area is 130 Å². The highest BCUT2D eigenvalue weighted by Crippen LogP contribution is 2.20. The van der Waals surface area contributed by atoms with Crippen molar-refractivity contribution in [3.05, 3.63) is 70.0 Å². The fourth-order valence-corrected chi connectivity index (χ4v) is 2.56. The van der Waals surface area contributed by atoms with Crippen molar-refractivity contribution < 1.29 is 13.2 Å². The Morgan fingerprint density at radius 3 is 2.26 bits per heavy atom. The lowest BCUT2D eigenvalue weighted by Crippen LogP contribution is -2.26. The normalized spacial score (nSPS) is 11.1. The zero-order valence-corrected chi connectivity index (χ0v) is 12.3. The highest BCUT2D eigenvalue weighted by Gasteiger charge is 2.20. The molecule has 0 atom stereocenters. The van der Waals surface area contributed by atoms with Crippen LogP contribution in [0.3, 0.4) is 0 Å². The second-order valence-corrected chi connectivity index (χ2v) is 5.12. The molecule has 1 heterocycles. The van der Waals surface area contributed by atoms with Crippen LogP contribution in [0.5, 0.6) is 0 Å². The molecule has 0 aliphatic heterocycles. The Morgan fingerprint density at radius 1 is 1.00 bits per heavy atom. The number of benzene rings is 2. The van der Waals surface area contributed by atoms with Crippen molar-refractivity contribution in [3.8, 4) is 5.69 Å². The summed E-state index contributed by atoms with van der Waals surface area (Å²) in [5.41, 5.74) is -1.18. The maximum atomic E-state index is 14.1. The second kappa shape index (κ2) is 5.87. The molecule has 23 heavy (non-hydrogen) atoms. The minimum absolute atomic E-state index is 0.173. The predicted octanol–water partition coefficient (Wildman–Crippen LogP) is 3.76. The van der Waals surface area contributed by atoms with Gasteiger partial charge in [-0.15, -0.1) is 0 Å². The van der Waals surface area contributed by atoms with Crippen molar-refractivity contribution in [2.45, 2.75) is 19.8 Å². The van der Waals surface area contributed by atoms with Crippen LogP contribution in [0.1, 0.15) is 19.2 Å². The molecule has 1 aromatic heterocycles. The van der Waals surface area contributed by atoms with Crippen LogP contribution in [0.2, 0.25) is 0 Å². The highest BCUT2D eigenvalue weighted by molar-refractivity contribution is 5.78. The number of rotatable bonds is 3. The Morgan fingerprint density at radius 2 is 1.61 bits per heavy atom. The first-order valence-corrected chi connectivity index (χ1v) is 7.19. The van der Waals surface area contributed by atoms with Crippen molar-refractivity contribution in [3.63, 3.8) is 0 Å². The van der Waals surface area contributed by atoms with Gasteiger partial charge in [-0.1, -0.05) is 19.1 Å². The lowest BCUT2D eigenvalue weighted by molar-refractivity contribution is 0.559. The summed E-state index contributed by atoms with van der Waals surface area (Å²) in [4.78, 5) is 16.9. The average molecular weight is 318 g/mol. The van der Waals surface area contributed by atoms with Crippen LogP contribution >= 0.6 is 0 Å². The Balaban J connectivity index is 2.48. The first-order chi connectivity index (χ1) is 11.0. The van der Waals surface area contributed by atoms with Crippen molar-refractivity contribution >= 4 is 10.9 Å².